The number of aliphatic imine (C=N–C) groups is 1. The van der Waals surface area contributed by atoms with Gasteiger partial charge in [-0.3, -0.25) is 9.79 Å². The van der Waals surface area contributed by atoms with E-state index in [0.29, 0.717) is 29.6 Å². The van der Waals surface area contributed by atoms with Crippen LogP contribution in [0.4, 0.5) is 8.78 Å². The highest BCUT2D eigenvalue weighted by Crippen LogP contribution is 2.38. The highest BCUT2D eigenvalue weighted by Gasteiger charge is 2.27. The number of rotatable bonds is 7. The maximum atomic E-state index is 12.7. The number of hydrogen-bond acceptors (Lipinski definition) is 5. The predicted octanol–water partition coefficient (Wildman–Crippen LogP) is 1.45. The number of ether oxygens (including phenoxy) is 3. The van der Waals surface area contributed by atoms with Crippen LogP contribution in [-0.4, -0.2) is 45.9 Å². The van der Waals surface area contributed by atoms with E-state index < -0.39 is 12.0 Å². The number of alkyl halides is 2. The summed E-state index contributed by atoms with van der Waals surface area (Å²) in [5.41, 5.74) is -0.206. The third-order valence-corrected chi connectivity index (χ3v) is 3.98. The number of guanidine groups is 1. The molecule has 0 aliphatic carbocycles. The zero-order valence-corrected chi connectivity index (χ0v) is 15.7. The van der Waals surface area contributed by atoms with Gasteiger partial charge >= 0.3 is 6.61 Å². The van der Waals surface area contributed by atoms with Gasteiger partial charge in [-0.15, -0.1) is 0 Å². The standard InChI is InChI=1S/C17H24F2N4O4/c1-17(2,14(24)20-3)8-23-16(21-4)22-7-10-5-12-13(26-9-25-12)6-11(10)27-15(18)19/h5-6,15H,7-9H2,1-4H3,(H,20,24)(H2,21,22,23). The average molecular weight is 386 g/mol. The van der Waals surface area contributed by atoms with Crippen LogP contribution in [0.5, 0.6) is 17.2 Å². The molecular formula is C17H24F2N4O4. The maximum absolute atomic E-state index is 12.7. The van der Waals surface area contributed by atoms with Crippen molar-refractivity contribution < 1.29 is 27.8 Å². The van der Waals surface area contributed by atoms with Gasteiger partial charge in [-0.05, 0) is 19.9 Å². The molecule has 10 heteroatoms. The van der Waals surface area contributed by atoms with E-state index in [-0.39, 0.29) is 25.0 Å². The molecular weight excluding hydrogens is 362 g/mol. The number of nitrogens with one attached hydrogen (secondary N) is 3. The minimum atomic E-state index is -2.96. The van der Waals surface area contributed by atoms with Crippen LogP contribution >= 0.6 is 0 Å². The molecule has 8 nitrogen and oxygen atoms in total. The molecule has 0 atom stereocenters. The minimum Gasteiger partial charge on any atom is -0.454 e. The van der Waals surface area contributed by atoms with Gasteiger partial charge in [0.25, 0.3) is 0 Å². The van der Waals surface area contributed by atoms with Gasteiger partial charge in [-0.1, -0.05) is 0 Å². The van der Waals surface area contributed by atoms with Crippen molar-refractivity contribution in [3.8, 4) is 17.2 Å². The van der Waals surface area contributed by atoms with Crippen molar-refractivity contribution in [3.05, 3.63) is 17.7 Å². The van der Waals surface area contributed by atoms with E-state index in [4.69, 9.17) is 9.47 Å². The molecule has 1 heterocycles. The first-order valence-corrected chi connectivity index (χ1v) is 8.31. The molecule has 0 aromatic heterocycles. The molecule has 0 radical (unpaired) electrons. The summed E-state index contributed by atoms with van der Waals surface area (Å²) in [4.78, 5) is 15.9. The molecule has 2 rings (SSSR count). The molecule has 0 saturated carbocycles. The van der Waals surface area contributed by atoms with Gasteiger partial charge < -0.3 is 30.2 Å². The van der Waals surface area contributed by atoms with Gasteiger partial charge in [0.1, 0.15) is 5.75 Å². The molecule has 3 N–H and O–H groups in total. The third-order valence-electron chi connectivity index (χ3n) is 3.98. The number of halogens is 2. The Morgan fingerprint density at radius 3 is 2.56 bits per heavy atom. The lowest BCUT2D eigenvalue weighted by Crippen LogP contribution is -2.47. The van der Waals surface area contributed by atoms with Crippen LogP contribution in [0.1, 0.15) is 19.4 Å². The van der Waals surface area contributed by atoms with Crippen molar-refractivity contribution in [2.75, 3.05) is 27.4 Å². The summed E-state index contributed by atoms with van der Waals surface area (Å²) in [6, 6.07) is 2.95. The van der Waals surface area contributed by atoms with E-state index in [0.717, 1.165) is 0 Å². The highest BCUT2D eigenvalue weighted by molar-refractivity contribution is 5.84. The molecule has 0 spiro atoms. The molecule has 1 amide bonds. The fraction of sp³-hybridized carbons (Fsp3) is 0.529. The monoisotopic (exact) mass is 386 g/mol. The van der Waals surface area contributed by atoms with Gasteiger partial charge in [-0.25, -0.2) is 0 Å². The SMILES string of the molecule is CN=C(NCc1cc2c(cc1OC(F)F)OCO2)NCC(C)(C)C(=O)NC. The summed E-state index contributed by atoms with van der Waals surface area (Å²) in [6.45, 7) is 1.12. The first kappa shape index (κ1) is 20.5. The molecule has 0 unspecified atom stereocenters. The normalized spacial score (nSPS) is 13.5. The van der Waals surface area contributed by atoms with Crippen molar-refractivity contribution in [1.29, 1.82) is 0 Å². The van der Waals surface area contributed by atoms with Crippen LogP contribution in [0.15, 0.2) is 17.1 Å². The van der Waals surface area contributed by atoms with Crippen molar-refractivity contribution in [2.45, 2.75) is 27.0 Å². The van der Waals surface area contributed by atoms with Crippen molar-refractivity contribution in [1.82, 2.24) is 16.0 Å². The van der Waals surface area contributed by atoms with Crippen LogP contribution < -0.4 is 30.2 Å². The Kier molecular flexibility index (Phi) is 6.65. The number of carbonyl (C=O) groups is 1. The number of fused-ring (bicyclic) bond motifs is 1. The first-order chi connectivity index (χ1) is 12.8. The predicted molar refractivity (Wildman–Crippen MR) is 95.2 cm³/mol. The summed E-state index contributed by atoms with van der Waals surface area (Å²) in [5, 5.41) is 8.65. The van der Waals surface area contributed by atoms with E-state index in [1.165, 1.54) is 6.07 Å². The van der Waals surface area contributed by atoms with Crippen LogP contribution in [0.25, 0.3) is 0 Å². The maximum Gasteiger partial charge on any atom is 0.387 e. The molecule has 0 bridgehead atoms. The van der Waals surface area contributed by atoms with Crippen molar-refractivity contribution in [3.63, 3.8) is 0 Å². The van der Waals surface area contributed by atoms with E-state index in [9.17, 15) is 13.6 Å². The number of benzene rings is 1. The molecule has 0 saturated heterocycles. The summed E-state index contributed by atoms with van der Waals surface area (Å²) in [5.74, 6) is 1.09. The second kappa shape index (κ2) is 8.74. The summed E-state index contributed by atoms with van der Waals surface area (Å²) >= 11 is 0. The van der Waals surface area contributed by atoms with Gasteiger partial charge in [0.15, 0.2) is 17.5 Å². The quantitative estimate of drug-likeness (QED) is 0.485. The first-order valence-electron chi connectivity index (χ1n) is 8.31. The van der Waals surface area contributed by atoms with Gasteiger partial charge in [0.05, 0.1) is 5.41 Å². The Labute approximate surface area is 156 Å². The van der Waals surface area contributed by atoms with E-state index >= 15 is 0 Å². The largest absolute Gasteiger partial charge is 0.454 e. The second-order valence-electron chi connectivity index (χ2n) is 6.43. The van der Waals surface area contributed by atoms with Crippen LogP contribution in [0.3, 0.4) is 0 Å². The van der Waals surface area contributed by atoms with Crippen molar-refractivity contribution >= 4 is 11.9 Å². The number of hydrogen-bond donors (Lipinski definition) is 3. The highest BCUT2D eigenvalue weighted by atomic mass is 19.3. The zero-order valence-electron chi connectivity index (χ0n) is 15.7. The average Bonchev–Trinajstić information content (AvgIpc) is 3.07. The number of carbonyl (C=O) groups excluding carboxylic acids is 1. The van der Waals surface area contributed by atoms with Gasteiger partial charge in [0.2, 0.25) is 12.7 Å². The number of nitrogens with zero attached hydrogens (tertiary/aromatic N) is 1. The number of amides is 1. The minimum absolute atomic E-state index is 0.0112. The molecule has 150 valence electrons. The Bertz CT molecular complexity index is 710. The van der Waals surface area contributed by atoms with Gasteiger partial charge in [0, 0.05) is 38.8 Å². The Morgan fingerprint density at radius 1 is 1.30 bits per heavy atom. The summed E-state index contributed by atoms with van der Waals surface area (Å²) < 4.78 is 40.4. The zero-order chi connectivity index (χ0) is 20.0. The molecule has 1 aliphatic rings. The Morgan fingerprint density at radius 2 is 1.96 bits per heavy atom. The third kappa shape index (κ3) is 5.35. The summed E-state index contributed by atoms with van der Waals surface area (Å²) in [6.07, 6.45) is 0. The van der Waals surface area contributed by atoms with E-state index in [1.807, 2.05) is 0 Å². The fourth-order valence-corrected chi connectivity index (χ4v) is 2.43. The molecule has 27 heavy (non-hydrogen) atoms. The van der Waals surface area contributed by atoms with Crippen LogP contribution in [0, 0.1) is 5.41 Å². The Hall–Kier alpha value is -2.78. The Balaban J connectivity index is 2.04. The van der Waals surface area contributed by atoms with E-state index in [2.05, 4.69) is 25.7 Å². The lowest BCUT2D eigenvalue weighted by atomic mass is 9.92. The van der Waals surface area contributed by atoms with Crippen molar-refractivity contribution in [2.24, 2.45) is 10.4 Å². The lowest BCUT2D eigenvalue weighted by molar-refractivity contribution is -0.128. The second-order valence-corrected chi connectivity index (χ2v) is 6.43. The van der Waals surface area contributed by atoms with Crippen LogP contribution in [0.2, 0.25) is 0 Å². The fourth-order valence-electron chi connectivity index (χ4n) is 2.43. The summed E-state index contributed by atoms with van der Waals surface area (Å²) in [7, 11) is 3.14. The molecule has 0 fully saturated rings. The molecule has 1 aliphatic heterocycles. The van der Waals surface area contributed by atoms with E-state index in [1.54, 1.807) is 34.0 Å². The van der Waals surface area contributed by atoms with Gasteiger partial charge in [-0.2, -0.15) is 8.78 Å². The molecule has 1 aromatic rings. The van der Waals surface area contributed by atoms with Crippen LogP contribution in [-0.2, 0) is 11.3 Å². The lowest BCUT2D eigenvalue weighted by Gasteiger charge is -2.24. The smallest absolute Gasteiger partial charge is 0.387 e. The molecule has 1 aromatic carbocycles. The topological polar surface area (TPSA) is 93.2 Å².